The van der Waals surface area contributed by atoms with Crippen LogP contribution in [0, 0.1) is 5.41 Å². The molecule has 0 fully saturated rings. The van der Waals surface area contributed by atoms with Gasteiger partial charge in [-0.1, -0.05) is 18.2 Å². The summed E-state index contributed by atoms with van der Waals surface area (Å²) in [5, 5.41) is 15.4. The lowest BCUT2D eigenvalue weighted by Crippen LogP contribution is -2.20. The SMILES string of the molecule is C=CCN/C=N/c1cccc(-c2csc(NC(=N)N)n2)c1. The van der Waals surface area contributed by atoms with Crippen molar-refractivity contribution in [2.24, 2.45) is 10.7 Å². The van der Waals surface area contributed by atoms with Crippen LogP contribution in [0.1, 0.15) is 0 Å². The highest BCUT2D eigenvalue weighted by atomic mass is 32.1. The second kappa shape index (κ2) is 7.20. The minimum atomic E-state index is -0.123. The van der Waals surface area contributed by atoms with Crippen molar-refractivity contribution in [3.63, 3.8) is 0 Å². The van der Waals surface area contributed by atoms with Crippen molar-refractivity contribution in [2.75, 3.05) is 11.9 Å². The maximum absolute atomic E-state index is 7.19. The molecule has 0 amide bonds. The zero-order chi connectivity index (χ0) is 15.1. The van der Waals surface area contributed by atoms with Crippen LogP contribution in [-0.4, -0.2) is 23.8 Å². The third-order valence-corrected chi connectivity index (χ3v) is 3.21. The number of aromatic nitrogens is 1. The van der Waals surface area contributed by atoms with Crippen molar-refractivity contribution < 1.29 is 0 Å². The third kappa shape index (κ3) is 4.43. The zero-order valence-corrected chi connectivity index (χ0v) is 12.2. The summed E-state index contributed by atoms with van der Waals surface area (Å²) >= 11 is 1.40. The van der Waals surface area contributed by atoms with E-state index in [0.29, 0.717) is 11.7 Å². The Morgan fingerprint density at radius 2 is 2.38 bits per heavy atom. The highest BCUT2D eigenvalue weighted by Crippen LogP contribution is 2.27. The molecule has 0 radical (unpaired) electrons. The number of nitrogens with two attached hydrogens (primary N) is 1. The molecule has 0 saturated carbocycles. The molecule has 2 rings (SSSR count). The highest BCUT2D eigenvalue weighted by Gasteiger charge is 2.05. The Kier molecular flexibility index (Phi) is 5.05. The van der Waals surface area contributed by atoms with Gasteiger partial charge >= 0.3 is 0 Å². The molecule has 0 aliphatic carbocycles. The number of aliphatic imine (C=N–C) groups is 1. The summed E-state index contributed by atoms with van der Waals surface area (Å²) < 4.78 is 0. The minimum Gasteiger partial charge on any atom is -0.373 e. The lowest BCUT2D eigenvalue weighted by molar-refractivity contribution is 1.07. The van der Waals surface area contributed by atoms with E-state index in [4.69, 9.17) is 11.1 Å². The summed E-state index contributed by atoms with van der Waals surface area (Å²) in [6.07, 6.45) is 3.41. The molecular weight excluding hydrogens is 284 g/mol. The van der Waals surface area contributed by atoms with Crippen molar-refractivity contribution >= 4 is 34.5 Å². The van der Waals surface area contributed by atoms with Crippen LogP contribution in [0.25, 0.3) is 11.3 Å². The van der Waals surface area contributed by atoms with Gasteiger partial charge in [0.15, 0.2) is 11.1 Å². The van der Waals surface area contributed by atoms with Crippen molar-refractivity contribution in [3.8, 4) is 11.3 Å². The lowest BCUT2D eigenvalue weighted by atomic mass is 10.1. The molecule has 0 aliphatic heterocycles. The van der Waals surface area contributed by atoms with Crippen LogP contribution >= 0.6 is 11.3 Å². The number of rotatable bonds is 6. The van der Waals surface area contributed by atoms with Gasteiger partial charge in [0.2, 0.25) is 0 Å². The van der Waals surface area contributed by atoms with Gasteiger partial charge in [-0.3, -0.25) is 5.41 Å². The van der Waals surface area contributed by atoms with Gasteiger partial charge in [-0.2, -0.15) is 0 Å². The van der Waals surface area contributed by atoms with Gasteiger partial charge in [-0.05, 0) is 12.1 Å². The average molecular weight is 300 g/mol. The highest BCUT2D eigenvalue weighted by molar-refractivity contribution is 7.14. The molecule has 1 aromatic heterocycles. The number of hydrogen-bond donors (Lipinski definition) is 4. The zero-order valence-electron chi connectivity index (χ0n) is 11.3. The van der Waals surface area contributed by atoms with E-state index >= 15 is 0 Å². The predicted octanol–water partition coefficient (Wildman–Crippen LogP) is 2.55. The number of benzene rings is 1. The largest absolute Gasteiger partial charge is 0.373 e. The molecule has 0 spiro atoms. The quantitative estimate of drug-likeness (QED) is 0.285. The number of thiazole rings is 1. The van der Waals surface area contributed by atoms with E-state index in [9.17, 15) is 0 Å². The maximum Gasteiger partial charge on any atom is 0.192 e. The summed E-state index contributed by atoms with van der Waals surface area (Å²) in [7, 11) is 0. The van der Waals surface area contributed by atoms with E-state index in [2.05, 4.69) is 27.2 Å². The molecule has 7 heteroatoms. The Morgan fingerprint density at radius 3 is 3.14 bits per heavy atom. The van der Waals surface area contributed by atoms with Gasteiger partial charge in [0.1, 0.15) is 0 Å². The van der Waals surface area contributed by atoms with Crippen molar-refractivity contribution in [3.05, 3.63) is 42.3 Å². The van der Waals surface area contributed by atoms with Crippen LogP contribution in [0.5, 0.6) is 0 Å². The van der Waals surface area contributed by atoms with E-state index < -0.39 is 0 Å². The third-order valence-electron chi connectivity index (χ3n) is 2.45. The lowest BCUT2D eigenvalue weighted by Gasteiger charge is -2.00. The fourth-order valence-electron chi connectivity index (χ4n) is 1.58. The fourth-order valence-corrected chi connectivity index (χ4v) is 2.31. The second-order valence-electron chi connectivity index (χ2n) is 4.08. The number of nitrogens with one attached hydrogen (secondary N) is 3. The Balaban J connectivity index is 2.13. The topological polar surface area (TPSA) is 99.2 Å². The van der Waals surface area contributed by atoms with E-state index in [0.717, 1.165) is 16.9 Å². The maximum atomic E-state index is 7.19. The van der Waals surface area contributed by atoms with Gasteiger partial charge in [0.05, 0.1) is 17.7 Å². The molecule has 108 valence electrons. The Labute approximate surface area is 127 Å². The van der Waals surface area contributed by atoms with Gasteiger partial charge in [0.25, 0.3) is 0 Å². The standard InChI is InChI=1S/C14H16N6S/c1-2-6-17-9-18-11-5-3-4-10(7-11)12-8-21-14(19-12)20-13(15)16/h2-5,7-9H,1,6H2,(H,17,18)(H4,15,16,19,20). The first kappa shape index (κ1) is 14.7. The monoisotopic (exact) mass is 300 g/mol. The Hall–Kier alpha value is -2.67. The number of hydrogen-bond acceptors (Lipinski definition) is 4. The summed E-state index contributed by atoms with van der Waals surface area (Å²) in [5.74, 6) is -0.123. The van der Waals surface area contributed by atoms with Gasteiger partial charge in [-0.25, -0.2) is 9.98 Å². The molecule has 21 heavy (non-hydrogen) atoms. The van der Waals surface area contributed by atoms with Crippen LogP contribution < -0.4 is 16.4 Å². The number of anilines is 1. The molecule has 5 N–H and O–H groups in total. The number of guanidine groups is 1. The smallest absolute Gasteiger partial charge is 0.192 e. The van der Waals surface area contributed by atoms with Gasteiger partial charge < -0.3 is 16.4 Å². The van der Waals surface area contributed by atoms with E-state index in [1.807, 2.05) is 29.6 Å². The van der Waals surface area contributed by atoms with E-state index in [1.54, 1.807) is 12.4 Å². The molecule has 0 saturated heterocycles. The summed E-state index contributed by atoms with van der Waals surface area (Å²) in [5.41, 5.74) is 7.89. The average Bonchev–Trinajstić information content (AvgIpc) is 2.92. The van der Waals surface area contributed by atoms with Crippen LogP contribution in [0.3, 0.4) is 0 Å². The van der Waals surface area contributed by atoms with Crippen molar-refractivity contribution in [1.29, 1.82) is 5.41 Å². The first-order valence-electron chi connectivity index (χ1n) is 6.23. The van der Waals surface area contributed by atoms with Crippen LogP contribution in [0.2, 0.25) is 0 Å². The fraction of sp³-hybridized carbons (Fsp3) is 0.0714. The molecule has 2 aromatic rings. The summed E-state index contributed by atoms with van der Waals surface area (Å²) in [6.45, 7) is 4.30. The number of nitrogens with zero attached hydrogens (tertiary/aromatic N) is 2. The van der Waals surface area contributed by atoms with Crippen LogP contribution in [-0.2, 0) is 0 Å². The van der Waals surface area contributed by atoms with Gasteiger partial charge in [0, 0.05) is 17.5 Å². The molecule has 1 aromatic carbocycles. The summed E-state index contributed by atoms with van der Waals surface area (Å²) in [6, 6.07) is 7.74. The predicted molar refractivity (Wildman–Crippen MR) is 89.4 cm³/mol. The molecule has 0 aliphatic rings. The molecule has 1 heterocycles. The first-order valence-corrected chi connectivity index (χ1v) is 7.11. The van der Waals surface area contributed by atoms with Crippen molar-refractivity contribution in [1.82, 2.24) is 10.3 Å². The molecule has 0 atom stereocenters. The Bertz CT molecular complexity index is 661. The normalized spacial score (nSPS) is 10.5. The van der Waals surface area contributed by atoms with Gasteiger partial charge in [-0.15, -0.1) is 17.9 Å². The molecule has 0 bridgehead atoms. The van der Waals surface area contributed by atoms with Crippen LogP contribution in [0.4, 0.5) is 10.8 Å². The van der Waals surface area contributed by atoms with Crippen molar-refractivity contribution in [2.45, 2.75) is 0 Å². The summed E-state index contributed by atoms with van der Waals surface area (Å²) in [4.78, 5) is 8.68. The minimum absolute atomic E-state index is 0.123. The first-order chi connectivity index (χ1) is 10.2. The molecule has 6 nitrogen and oxygen atoms in total. The Morgan fingerprint density at radius 1 is 1.52 bits per heavy atom. The van der Waals surface area contributed by atoms with E-state index in [1.165, 1.54) is 11.3 Å². The second-order valence-corrected chi connectivity index (χ2v) is 4.94. The van der Waals surface area contributed by atoms with E-state index in [-0.39, 0.29) is 5.96 Å². The van der Waals surface area contributed by atoms with Crippen LogP contribution in [0.15, 0.2) is 47.3 Å². The molecular formula is C14H16N6S. The molecule has 0 unspecified atom stereocenters.